The number of fused-ring (bicyclic) bond motifs is 1. The molecule has 4 aromatic rings. The molecule has 0 saturated heterocycles. The summed E-state index contributed by atoms with van der Waals surface area (Å²) in [5, 5.41) is 22.3. The lowest BCUT2D eigenvalue weighted by atomic mass is 10.1. The van der Waals surface area contributed by atoms with Crippen LogP contribution < -0.4 is 5.32 Å². The zero-order valence-corrected chi connectivity index (χ0v) is 15.8. The van der Waals surface area contributed by atoms with Gasteiger partial charge in [-0.05, 0) is 25.0 Å². The Morgan fingerprint density at radius 3 is 2.89 bits per heavy atom. The van der Waals surface area contributed by atoms with Gasteiger partial charge in [0.2, 0.25) is 5.95 Å². The predicted molar refractivity (Wildman–Crippen MR) is 106 cm³/mol. The molecular weight excluding hydrogens is 352 g/mol. The van der Waals surface area contributed by atoms with E-state index in [1.165, 1.54) is 0 Å². The van der Waals surface area contributed by atoms with Gasteiger partial charge < -0.3 is 5.32 Å². The number of nitrogens with zero attached hydrogens (tertiary/aromatic N) is 7. The van der Waals surface area contributed by atoms with Crippen LogP contribution in [0.4, 0.5) is 11.6 Å². The van der Waals surface area contributed by atoms with Crippen LogP contribution in [0.3, 0.4) is 0 Å². The number of hydrogen-bond acceptors (Lipinski definition) is 6. The Kier molecular flexibility index (Phi) is 4.72. The molecule has 0 radical (unpaired) electrons. The van der Waals surface area contributed by atoms with Crippen molar-refractivity contribution in [3.8, 4) is 6.07 Å². The van der Waals surface area contributed by atoms with Crippen molar-refractivity contribution in [1.82, 2.24) is 29.5 Å². The van der Waals surface area contributed by atoms with Gasteiger partial charge in [-0.15, -0.1) is 0 Å². The third-order valence-corrected chi connectivity index (χ3v) is 4.48. The summed E-state index contributed by atoms with van der Waals surface area (Å²) in [6, 6.07) is 9.73. The van der Waals surface area contributed by atoms with Gasteiger partial charge in [0.1, 0.15) is 0 Å². The summed E-state index contributed by atoms with van der Waals surface area (Å²) >= 11 is 0. The SMILES string of the molecule is CCCn1cc(Nc2ncc3cnn(Cc4ccccc4C#N)c3n2)c(C)n1. The molecule has 0 unspecified atom stereocenters. The first-order valence-electron chi connectivity index (χ1n) is 9.15. The quantitative estimate of drug-likeness (QED) is 0.557. The minimum Gasteiger partial charge on any atom is -0.321 e. The smallest absolute Gasteiger partial charge is 0.229 e. The molecule has 8 heteroatoms. The highest BCUT2D eigenvalue weighted by Gasteiger charge is 2.11. The number of aromatic nitrogens is 6. The Morgan fingerprint density at radius 2 is 2.07 bits per heavy atom. The van der Waals surface area contributed by atoms with Gasteiger partial charge in [0.25, 0.3) is 0 Å². The molecule has 4 rings (SSSR count). The zero-order valence-electron chi connectivity index (χ0n) is 15.8. The Morgan fingerprint density at radius 1 is 1.21 bits per heavy atom. The normalized spacial score (nSPS) is 10.9. The Labute approximate surface area is 162 Å². The van der Waals surface area contributed by atoms with Crippen molar-refractivity contribution in [3.05, 3.63) is 59.7 Å². The monoisotopic (exact) mass is 372 g/mol. The predicted octanol–water partition coefficient (Wildman–Crippen LogP) is 3.40. The fourth-order valence-corrected chi connectivity index (χ4v) is 3.08. The number of rotatable bonds is 6. The molecule has 3 heterocycles. The summed E-state index contributed by atoms with van der Waals surface area (Å²) in [6.45, 7) is 5.41. The van der Waals surface area contributed by atoms with E-state index in [-0.39, 0.29) is 0 Å². The maximum Gasteiger partial charge on any atom is 0.229 e. The number of nitrogens with one attached hydrogen (secondary N) is 1. The number of aryl methyl sites for hydroxylation is 2. The second-order valence-corrected chi connectivity index (χ2v) is 6.56. The maximum absolute atomic E-state index is 9.31. The molecule has 0 atom stereocenters. The van der Waals surface area contributed by atoms with Crippen molar-refractivity contribution in [2.24, 2.45) is 0 Å². The summed E-state index contributed by atoms with van der Waals surface area (Å²) in [6.07, 6.45) is 6.47. The van der Waals surface area contributed by atoms with Crippen molar-refractivity contribution in [1.29, 1.82) is 5.26 Å². The Balaban J connectivity index is 1.64. The molecule has 0 fully saturated rings. The first-order chi connectivity index (χ1) is 13.7. The average Bonchev–Trinajstić information content (AvgIpc) is 3.26. The van der Waals surface area contributed by atoms with E-state index in [9.17, 15) is 5.26 Å². The van der Waals surface area contributed by atoms with E-state index in [4.69, 9.17) is 0 Å². The van der Waals surface area contributed by atoms with Crippen LogP contribution in [0.1, 0.15) is 30.2 Å². The lowest BCUT2D eigenvalue weighted by molar-refractivity contribution is 0.598. The van der Waals surface area contributed by atoms with Crippen molar-refractivity contribution in [3.63, 3.8) is 0 Å². The van der Waals surface area contributed by atoms with Crippen LogP contribution in [0, 0.1) is 18.3 Å². The zero-order chi connectivity index (χ0) is 19.5. The van der Waals surface area contributed by atoms with Gasteiger partial charge in [-0.25, -0.2) is 9.67 Å². The van der Waals surface area contributed by atoms with Crippen LogP contribution in [0.2, 0.25) is 0 Å². The van der Waals surface area contributed by atoms with E-state index in [1.54, 1.807) is 23.1 Å². The molecule has 0 aliphatic rings. The minimum atomic E-state index is 0.469. The van der Waals surface area contributed by atoms with Crippen molar-refractivity contribution >= 4 is 22.7 Å². The summed E-state index contributed by atoms with van der Waals surface area (Å²) in [7, 11) is 0. The molecule has 1 aromatic carbocycles. The van der Waals surface area contributed by atoms with Crippen LogP contribution in [-0.4, -0.2) is 29.5 Å². The molecule has 0 saturated carbocycles. The standard InChI is InChI=1S/C20H20N8/c1-3-8-27-13-18(14(2)26-27)24-20-22-10-17-11-23-28(19(17)25-20)12-16-7-5-4-6-15(16)9-21/h4-7,10-11,13H,3,8,12H2,1-2H3,(H,22,24,25). The van der Waals surface area contributed by atoms with Gasteiger partial charge in [0, 0.05) is 18.9 Å². The third-order valence-electron chi connectivity index (χ3n) is 4.48. The summed E-state index contributed by atoms with van der Waals surface area (Å²) in [5.74, 6) is 0.488. The fourth-order valence-electron chi connectivity index (χ4n) is 3.08. The first kappa shape index (κ1) is 17.7. The van der Waals surface area contributed by atoms with Crippen molar-refractivity contribution in [2.45, 2.75) is 33.4 Å². The van der Waals surface area contributed by atoms with E-state index < -0.39 is 0 Å². The maximum atomic E-state index is 9.31. The van der Waals surface area contributed by atoms with Gasteiger partial charge >= 0.3 is 0 Å². The molecule has 1 N–H and O–H groups in total. The summed E-state index contributed by atoms with van der Waals surface area (Å²) in [5.41, 5.74) is 4.03. The molecule has 0 aliphatic carbocycles. The summed E-state index contributed by atoms with van der Waals surface area (Å²) < 4.78 is 3.70. The molecule has 0 bridgehead atoms. The highest BCUT2D eigenvalue weighted by molar-refractivity contribution is 5.75. The summed E-state index contributed by atoms with van der Waals surface area (Å²) in [4.78, 5) is 9.02. The molecule has 0 spiro atoms. The van der Waals surface area contributed by atoms with Crippen LogP contribution in [0.5, 0.6) is 0 Å². The highest BCUT2D eigenvalue weighted by Crippen LogP contribution is 2.20. The minimum absolute atomic E-state index is 0.469. The van der Waals surface area contributed by atoms with E-state index in [2.05, 4.69) is 38.5 Å². The molecule has 0 amide bonds. The number of anilines is 2. The first-order valence-corrected chi connectivity index (χ1v) is 9.15. The Hall–Kier alpha value is -3.73. The molecule has 3 aromatic heterocycles. The number of nitriles is 1. The average molecular weight is 372 g/mol. The highest BCUT2D eigenvalue weighted by atomic mass is 15.3. The van der Waals surface area contributed by atoms with Crippen LogP contribution in [0.25, 0.3) is 11.0 Å². The lowest BCUT2D eigenvalue weighted by Gasteiger charge is -2.07. The van der Waals surface area contributed by atoms with Gasteiger partial charge in [0.05, 0.1) is 41.1 Å². The second-order valence-electron chi connectivity index (χ2n) is 6.56. The van der Waals surface area contributed by atoms with Gasteiger partial charge in [-0.3, -0.25) is 4.68 Å². The molecule has 140 valence electrons. The van der Waals surface area contributed by atoms with Crippen LogP contribution in [-0.2, 0) is 13.1 Å². The molecule has 8 nitrogen and oxygen atoms in total. The third kappa shape index (κ3) is 3.42. The molecule has 28 heavy (non-hydrogen) atoms. The largest absolute Gasteiger partial charge is 0.321 e. The number of hydrogen-bond donors (Lipinski definition) is 1. The van der Waals surface area contributed by atoms with Crippen LogP contribution >= 0.6 is 0 Å². The Bertz CT molecular complexity index is 1160. The van der Waals surface area contributed by atoms with Gasteiger partial charge in [-0.2, -0.15) is 20.4 Å². The van der Waals surface area contributed by atoms with E-state index in [0.29, 0.717) is 23.7 Å². The van der Waals surface area contributed by atoms with E-state index >= 15 is 0 Å². The van der Waals surface area contributed by atoms with Gasteiger partial charge in [-0.1, -0.05) is 25.1 Å². The second kappa shape index (κ2) is 7.48. The lowest BCUT2D eigenvalue weighted by Crippen LogP contribution is -2.05. The molecular formula is C20H20N8. The van der Waals surface area contributed by atoms with Crippen LogP contribution in [0.15, 0.2) is 42.9 Å². The van der Waals surface area contributed by atoms with Crippen molar-refractivity contribution < 1.29 is 0 Å². The molecule has 0 aliphatic heterocycles. The number of benzene rings is 1. The topological polar surface area (TPSA) is 97.2 Å². The van der Waals surface area contributed by atoms with Gasteiger partial charge in [0.15, 0.2) is 5.65 Å². The van der Waals surface area contributed by atoms with E-state index in [1.807, 2.05) is 36.0 Å². The fraction of sp³-hybridized carbons (Fsp3) is 0.250. The van der Waals surface area contributed by atoms with Crippen molar-refractivity contribution in [2.75, 3.05) is 5.32 Å². The van der Waals surface area contributed by atoms with E-state index in [0.717, 1.165) is 35.3 Å².